The van der Waals surface area contributed by atoms with E-state index in [9.17, 15) is 8.78 Å². The summed E-state index contributed by atoms with van der Waals surface area (Å²) < 4.78 is 34.2. The molecule has 2 aromatic carbocycles. The lowest BCUT2D eigenvalue weighted by atomic mass is 10.0. The Morgan fingerprint density at radius 2 is 1.27 bits per heavy atom. The first kappa shape index (κ1) is 20.2. The van der Waals surface area contributed by atoms with Crippen molar-refractivity contribution in [3.63, 3.8) is 0 Å². The van der Waals surface area contributed by atoms with E-state index in [4.69, 9.17) is 4.74 Å². The molecule has 0 aliphatic heterocycles. The van der Waals surface area contributed by atoms with Gasteiger partial charge in [-0.25, -0.2) is 8.78 Å². The minimum Gasteiger partial charge on any atom is -0.494 e. The highest BCUT2D eigenvalue weighted by atomic mass is 19.2. The number of hydrogen-bond acceptors (Lipinski definition) is 1. The lowest BCUT2D eigenvalue weighted by Gasteiger charge is -2.06. The summed E-state index contributed by atoms with van der Waals surface area (Å²) in [7, 11) is 0. The normalized spacial score (nSPS) is 12.0. The molecule has 0 bridgehead atoms. The van der Waals surface area contributed by atoms with Crippen molar-refractivity contribution in [1.29, 1.82) is 0 Å². The van der Waals surface area contributed by atoms with Gasteiger partial charge >= 0.3 is 0 Å². The minimum absolute atomic E-state index is 0.214. The minimum atomic E-state index is -0.847. The van der Waals surface area contributed by atoms with Gasteiger partial charge in [0.25, 0.3) is 0 Å². The number of rotatable bonds is 10. The number of ether oxygens (including phenoxy) is 1. The van der Waals surface area contributed by atoms with Gasteiger partial charge in [-0.05, 0) is 49.6 Å². The molecular formula is C23H28F2O. The van der Waals surface area contributed by atoms with Gasteiger partial charge in [-0.15, -0.1) is 0 Å². The first-order valence-electron chi connectivity index (χ1n) is 9.53. The predicted octanol–water partition coefficient (Wildman–Crippen LogP) is 7.36. The van der Waals surface area contributed by atoms with Gasteiger partial charge in [0.2, 0.25) is 0 Å². The van der Waals surface area contributed by atoms with Gasteiger partial charge in [0.15, 0.2) is 11.7 Å². The van der Waals surface area contributed by atoms with Gasteiger partial charge in [-0.1, -0.05) is 56.9 Å². The molecule has 0 radical (unpaired) electrons. The van der Waals surface area contributed by atoms with Crippen LogP contribution >= 0.6 is 0 Å². The summed E-state index contributed by atoms with van der Waals surface area (Å²) in [5.74, 6) is -1.03. The maximum Gasteiger partial charge on any atom is 0.166 e. The number of unbranched alkanes of at least 4 members (excludes halogenated alkanes) is 4. The molecule has 0 aliphatic rings. The first-order chi connectivity index (χ1) is 12.7. The summed E-state index contributed by atoms with van der Waals surface area (Å²) in [6, 6.07) is 13.5. The zero-order valence-electron chi connectivity index (χ0n) is 15.7. The molecule has 26 heavy (non-hydrogen) atoms. The van der Waals surface area contributed by atoms with Gasteiger partial charge in [0.1, 0.15) is 5.75 Å². The third-order valence-corrected chi connectivity index (χ3v) is 4.39. The van der Waals surface area contributed by atoms with Gasteiger partial charge in [-0.2, -0.15) is 0 Å². The van der Waals surface area contributed by atoms with E-state index in [1.54, 1.807) is 24.3 Å². The van der Waals surface area contributed by atoms with Crippen LogP contribution in [-0.4, -0.2) is 6.61 Å². The van der Waals surface area contributed by atoms with Gasteiger partial charge in [0, 0.05) is 11.1 Å². The van der Waals surface area contributed by atoms with E-state index < -0.39 is 11.7 Å². The van der Waals surface area contributed by atoms with Crippen LogP contribution in [-0.2, 0) is 6.42 Å². The Morgan fingerprint density at radius 1 is 0.731 bits per heavy atom. The third-order valence-electron chi connectivity index (χ3n) is 4.39. The second kappa shape index (κ2) is 10.7. The van der Waals surface area contributed by atoms with E-state index in [0.29, 0.717) is 12.4 Å². The van der Waals surface area contributed by atoms with E-state index in [1.807, 2.05) is 19.1 Å². The van der Waals surface area contributed by atoms with Crippen LogP contribution in [0.15, 0.2) is 48.5 Å². The quantitative estimate of drug-likeness (QED) is 0.318. The van der Waals surface area contributed by atoms with Crippen molar-refractivity contribution >= 4 is 11.7 Å². The van der Waals surface area contributed by atoms with E-state index in [-0.39, 0.29) is 11.1 Å². The Kier molecular flexibility index (Phi) is 8.33. The maximum atomic E-state index is 14.5. The van der Waals surface area contributed by atoms with Crippen LogP contribution in [0.3, 0.4) is 0 Å². The SMILES string of the molecule is CCCCCCCc1ccc(/C(F)=C(\F)c2ccc(OCC)cc2)cc1. The first-order valence-corrected chi connectivity index (χ1v) is 9.53. The molecule has 0 fully saturated rings. The molecule has 2 rings (SSSR count). The summed E-state index contributed by atoms with van der Waals surface area (Å²) in [6.45, 7) is 4.62. The summed E-state index contributed by atoms with van der Waals surface area (Å²) in [4.78, 5) is 0. The lowest BCUT2D eigenvalue weighted by Crippen LogP contribution is -1.91. The molecule has 2 aromatic rings. The lowest BCUT2D eigenvalue weighted by molar-refractivity contribution is 0.340. The average Bonchev–Trinajstić information content (AvgIpc) is 2.68. The molecule has 0 amide bonds. The largest absolute Gasteiger partial charge is 0.494 e. The van der Waals surface area contributed by atoms with Gasteiger partial charge in [-0.3, -0.25) is 0 Å². The number of halogens is 2. The number of benzene rings is 2. The zero-order valence-corrected chi connectivity index (χ0v) is 15.7. The standard InChI is InChI=1S/C23H28F2O/c1-3-5-6-7-8-9-18-10-12-19(13-11-18)22(24)23(25)20-14-16-21(17-15-20)26-4-2/h10-17H,3-9H2,1-2H3/b23-22+. The van der Waals surface area contributed by atoms with Crippen LogP contribution in [0, 0.1) is 0 Å². The molecule has 0 heterocycles. The molecule has 0 unspecified atom stereocenters. The molecule has 0 spiro atoms. The number of aryl methyl sites for hydroxylation is 1. The van der Waals surface area contributed by atoms with E-state index in [2.05, 4.69) is 6.92 Å². The summed E-state index contributed by atoms with van der Waals surface area (Å²) in [5.41, 5.74) is 1.65. The van der Waals surface area contributed by atoms with E-state index in [1.165, 1.54) is 43.4 Å². The van der Waals surface area contributed by atoms with Gasteiger partial charge < -0.3 is 4.74 Å². The second-order valence-electron chi connectivity index (χ2n) is 6.45. The molecule has 1 nitrogen and oxygen atoms in total. The fourth-order valence-electron chi connectivity index (χ4n) is 2.87. The summed E-state index contributed by atoms with van der Waals surface area (Å²) >= 11 is 0. The molecule has 0 aromatic heterocycles. The second-order valence-corrected chi connectivity index (χ2v) is 6.45. The van der Waals surface area contributed by atoms with Crippen molar-refractivity contribution in [3.05, 3.63) is 65.2 Å². The Labute approximate surface area is 155 Å². The molecule has 0 atom stereocenters. The van der Waals surface area contributed by atoms with E-state index >= 15 is 0 Å². The summed E-state index contributed by atoms with van der Waals surface area (Å²) in [5, 5.41) is 0. The Morgan fingerprint density at radius 3 is 1.81 bits per heavy atom. The highest BCUT2D eigenvalue weighted by Gasteiger charge is 2.11. The monoisotopic (exact) mass is 358 g/mol. The molecular weight excluding hydrogens is 330 g/mol. The molecule has 140 valence electrons. The van der Waals surface area contributed by atoms with E-state index in [0.717, 1.165) is 12.8 Å². The van der Waals surface area contributed by atoms with Gasteiger partial charge in [0.05, 0.1) is 6.61 Å². The summed E-state index contributed by atoms with van der Waals surface area (Å²) in [6.07, 6.45) is 7.12. The highest BCUT2D eigenvalue weighted by molar-refractivity contribution is 5.83. The maximum absolute atomic E-state index is 14.5. The smallest absolute Gasteiger partial charge is 0.166 e. The molecule has 0 N–H and O–H groups in total. The van der Waals surface area contributed by atoms with Crippen molar-refractivity contribution in [2.24, 2.45) is 0 Å². The van der Waals surface area contributed by atoms with Crippen LogP contribution in [0.5, 0.6) is 5.75 Å². The Bertz CT molecular complexity index is 687. The zero-order chi connectivity index (χ0) is 18.8. The van der Waals surface area contributed by atoms with Crippen molar-refractivity contribution in [3.8, 4) is 5.75 Å². The van der Waals surface area contributed by atoms with Crippen LogP contribution < -0.4 is 4.74 Å². The van der Waals surface area contributed by atoms with Crippen molar-refractivity contribution in [2.45, 2.75) is 52.4 Å². The van der Waals surface area contributed by atoms with Crippen LogP contribution in [0.2, 0.25) is 0 Å². The fraction of sp³-hybridized carbons (Fsp3) is 0.391. The molecule has 0 aliphatic carbocycles. The average molecular weight is 358 g/mol. The predicted molar refractivity (Wildman–Crippen MR) is 106 cm³/mol. The van der Waals surface area contributed by atoms with Crippen molar-refractivity contribution < 1.29 is 13.5 Å². The van der Waals surface area contributed by atoms with Crippen LogP contribution in [0.4, 0.5) is 8.78 Å². The molecule has 3 heteroatoms. The Balaban J connectivity index is 2.00. The molecule has 0 saturated heterocycles. The fourth-order valence-corrected chi connectivity index (χ4v) is 2.87. The van der Waals surface area contributed by atoms with Crippen LogP contribution in [0.25, 0.3) is 11.7 Å². The van der Waals surface area contributed by atoms with Crippen LogP contribution in [0.1, 0.15) is 62.6 Å². The highest BCUT2D eigenvalue weighted by Crippen LogP contribution is 2.30. The third kappa shape index (κ3) is 5.98. The Hall–Kier alpha value is -2.16. The van der Waals surface area contributed by atoms with Crippen molar-refractivity contribution in [1.82, 2.24) is 0 Å². The number of hydrogen-bond donors (Lipinski definition) is 0. The topological polar surface area (TPSA) is 9.23 Å². The molecule has 0 saturated carbocycles. The van der Waals surface area contributed by atoms with Crippen molar-refractivity contribution in [2.75, 3.05) is 6.61 Å².